The normalized spacial score (nSPS) is 13.8. The minimum absolute atomic E-state index is 0.152. The number of aliphatic hydroxyl groups excluding tert-OH is 1. The molecule has 0 saturated heterocycles. The van der Waals surface area contributed by atoms with Crippen molar-refractivity contribution in [2.45, 2.75) is 25.9 Å². The Morgan fingerprint density at radius 1 is 1.50 bits per heavy atom. The van der Waals surface area contributed by atoms with Crippen LogP contribution in [0.25, 0.3) is 0 Å². The number of hydrogen-bond donors (Lipinski definition) is 1. The van der Waals surface area contributed by atoms with Crippen LogP contribution in [0.15, 0.2) is 24.1 Å². The summed E-state index contributed by atoms with van der Waals surface area (Å²) in [5, 5.41) is 8.66. The number of hydrogen-bond acceptors (Lipinski definition) is 1. The zero-order valence-electron chi connectivity index (χ0n) is 6.94. The van der Waals surface area contributed by atoms with Gasteiger partial charge in [-0.25, -0.2) is 4.39 Å². The lowest BCUT2D eigenvalue weighted by atomic mass is 10.1. The highest BCUT2D eigenvalue weighted by Crippen LogP contribution is 2.31. The van der Waals surface area contributed by atoms with Crippen molar-refractivity contribution in [3.8, 4) is 0 Å². The summed E-state index contributed by atoms with van der Waals surface area (Å²) in [5.41, 5.74) is -0.152. The quantitative estimate of drug-likeness (QED) is 0.661. The van der Waals surface area contributed by atoms with Gasteiger partial charge in [0.25, 0.3) is 0 Å². The summed E-state index contributed by atoms with van der Waals surface area (Å²) in [4.78, 5) is 0. The number of alkyl halides is 2. The Labute approximate surface area is 69.2 Å². The summed E-state index contributed by atoms with van der Waals surface area (Å²) in [6.07, 6.45) is -1.57. The van der Waals surface area contributed by atoms with Gasteiger partial charge in [0.2, 0.25) is 0 Å². The molecule has 0 aromatic rings. The van der Waals surface area contributed by atoms with Gasteiger partial charge in [0.15, 0.2) is 5.83 Å². The van der Waals surface area contributed by atoms with Gasteiger partial charge in [-0.3, -0.25) is 0 Å². The molecule has 0 aromatic heterocycles. The zero-order chi connectivity index (χ0) is 9.94. The highest BCUT2D eigenvalue weighted by atomic mass is 19.3. The van der Waals surface area contributed by atoms with Gasteiger partial charge in [-0.05, 0) is 19.4 Å². The Morgan fingerprint density at radius 2 is 1.92 bits per heavy atom. The topological polar surface area (TPSA) is 20.2 Å². The largest absolute Gasteiger partial charge is 0.382 e. The van der Waals surface area contributed by atoms with Gasteiger partial charge in [-0.2, -0.15) is 8.78 Å². The number of rotatable bonds is 3. The molecule has 0 aliphatic rings. The molecule has 0 heterocycles. The molecule has 0 saturated carbocycles. The van der Waals surface area contributed by atoms with Gasteiger partial charge >= 0.3 is 5.92 Å². The van der Waals surface area contributed by atoms with E-state index in [1.165, 1.54) is 13.8 Å². The molecule has 0 aromatic carbocycles. The van der Waals surface area contributed by atoms with Crippen LogP contribution in [0.1, 0.15) is 13.8 Å². The molecule has 1 N–H and O–H groups in total. The predicted molar refractivity (Wildman–Crippen MR) is 40.6 cm³/mol. The fraction of sp³-hybridized carbons (Fsp3) is 0.500. The predicted octanol–water partition coefficient (Wildman–Crippen LogP) is 2.43. The molecular formula is C8H11F3O. The van der Waals surface area contributed by atoms with Gasteiger partial charge in [-0.15, -0.1) is 6.58 Å². The second kappa shape index (κ2) is 3.76. The minimum Gasteiger partial charge on any atom is -0.382 e. The van der Waals surface area contributed by atoms with Gasteiger partial charge in [0.05, 0.1) is 0 Å². The van der Waals surface area contributed by atoms with Crippen LogP contribution in [0.4, 0.5) is 13.2 Å². The van der Waals surface area contributed by atoms with Crippen molar-refractivity contribution in [2.75, 3.05) is 0 Å². The SMILES string of the molecule is C=CC(O)C(F)(F)C(F)=C(C)C. The summed E-state index contributed by atoms with van der Waals surface area (Å²) in [6, 6.07) is 0. The van der Waals surface area contributed by atoms with Crippen LogP contribution < -0.4 is 0 Å². The van der Waals surface area contributed by atoms with E-state index in [0.29, 0.717) is 6.08 Å². The standard InChI is InChI=1S/C8H11F3O/c1-4-6(12)8(10,11)7(9)5(2)3/h4,6,12H,1H2,2-3H3. The minimum atomic E-state index is -3.86. The third-order valence-corrected chi connectivity index (χ3v) is 1.33. The molecule has 0 bridgehead atoms. The highest BCUT2D eigenvalue weighted by Gasteiger charge is 2.42. The molecule has 1 nitrogen and oxygen atoms in total. The average Bonchev–Trinajstić information content (AvgIpc) is 2.01. The first-order valence-corrected chi connectivity index (χ1v) is 3.36. The summed E-state index contributed by atoms with van der Waals surface area (Å²) in [7, 11) is 0. The van der Waals surface area contributed by atoms with Crippen molar-refractivity contribution in [3.63, 3.8) is 0 Å². The molecule has 0 aliphatic carbocycles. The molecule has 12 heavy (non-hydrogen) atoms. The second-order valence-corrected chi connectivity index (χ2v) is 2.62. The fourth-order valence-corrected chi connectivity index (χ4v) is 0.611. The van der Waals surface area contributed by atoms with Crippen molar-refractivity contribution in [1.29, 1.82) is 0 Å². The van der Waals surface area contributed by atoms with E-state index in [0.717, 1.165) is 0 Å². The van der Waals surface area contributed by atoms with Crippen LogP contribution in [0, 0.1) is 0 Å². The van der Waals surface area contributed by atoms with E-state index in [4.69, 9.17) is 5.11 Å². The van der Waals surface area contributed by atoms with E-state index in [-0.39, 0.29) is 5.57 Å². The lowest BCUT2D eigenvalue weighted by Gasteiger charge is -2.18. The molecular weight excluding hydrogens is 169 g/mol. The maximum atomic E-state index is 12.7. The van der Waals surface area contributed by atoms with Crippen LogP contribution in [-0.4, -0.2) is 17.1 Å². The highest BCUT2D eigenvalue weighted by molar-refractivity contribution is 5.15. The Bertz CT molecular complexity index is 204. The van der Waals surface area contributed by atoms with Crippen LogP contribution in [0.2, 0.25) is 0 Å². The number of allylic oxidation sites excluding steroid dienone is 1. The monoisotopic (exact) mass is 180 g/mol. The van der Waals surface area contributed by atoms with E-state index >= 15 is 0 Å². The number of halogens is 3. The lowest BCUT2D eigenvalue weighted by molar-refractivity contribution is -0.0707. The van der Waals surface area contributed by atoms with Crippen molar-refractivity contribution < 1.29 is 18.3 Å². The summed E-state index contributed by atoms with van der Waals surface area (Å²) in [6.45, 7) is 5.36. The van der Waals surface area contributed by atoms with E-state index in [2.05, 4.69) is 6.58 Å². The van der Waals surface area contributed by atoms with E-state index in [1.807, 2.05) is 0 Å². The van der Waals surface area contributed by atoms with Crippen molar-refractivity contribution in [2.24, 2.45) is 0 Å². The molecule has 1 atom stereocenters. The van der Waals surface area contributed by atoms with Gasteiger partial charge < -0.3 is 5.11 Å². The first-order valence-electron chi connectivity index (χ1n) is 3.36. The molecule has 0 aliphatic heterocycles. The van der Waals surface area contributed by atoms with Crippen molar-refractivity contribution >= 4 is 0 Å². The van der Waals surface area contributed by atoms with Crippen LogP contribution in [-0.2, 0) is 0 Å². The molecule has 1 unspecified atom stereocenters. The van der Waals surface area contributed by atoms with E-state index < -0.39 is 17.9 Å². The lowest BCUT2D eigenvalue weighted by Crippen LogP contribution is -2.32. The smallest absolute Gasteiger partial charge is 0.327 e. The third-order valence-electron chi connectivity index (χ3n) is 1.33. The molecule has 4 heteroatoms. The zero-order valence-corrected chi connectivity index (χ0v) is 6.94. The van der Waals surface area contributed by atoms with E-state index in [9.17, 15) is 13.2 Å². The summed E-state index contributed by atoms with van der Waals surface area (Å²) in [5.74, 6) is -5.46. The Balaban J connectivity index is 4.85. The Morgan fingerprint density at radius 3 is 2.17 bits per heavy atom. The first kappa shape index (κ1) is 11.2. The van der Waals surface area contributed by atoms with Gasteiger partial charge in [0, 0.05) is 0 Å². The first-order chi connectivity index (χ1) is 5.34. The second-order valence-electron chi connectivity index (χ2n) is 2.62. The van der Waals surface area contributed by atoms with Gasteiger partial charge in [-0.1, -0.05) is 6.08 Å². The van der Waals surface area contributed by atoms with Crippen molar-refractivity contribution in [3.05, 3.63) is 24.1 Å². The van der Waals surface area contributed by atoms with E-state index in [1.54, 1.807) is 0 Å². The Hall–Kier alpha value is -0.770. The molecule has 70 valence electrons. The van der Waals surface area contributed by atoms with Crippen LogP contribution in [0.3, 0.4) is 0 Å². The van der Waals surface area contributed by atoms with Gasteiger partial charge in [0.1, 0.15) is 6.10 Å². The summed E-state index contributed by atoms with van der Waals surface area (Å²) >= 11 is 0. The molecule has 0 spiro atoms. The van der Waals surface area contributed by atoms with Crippen molar-refractivity contribution in [1.82, 2.24) is 0 Å². The molecule has 0 radical (unpaired) electrons. The molecule has 0 fully saturated rings. The third kappa shape index (κ3) is 2.11. The van der Waals surface area contributed by atoms with Crippen LogP contribution in [0.5, 0.6) is 0 Å². The average molecular weight is 180 g/mol. The number of aliphatic hydroxyl groups is 1. The molecule has 0 amide bonds. The maximum absolute atomic E-state index is 12.7. The molecule has 0 rings (SSSR count). The summed E-state index contributed by atoms with van der Waals surface area (Å²) < 4.78 is 38.1. The fourth-order valence-electron chi connectivity index (χ4n) is 0.611. The Kier molecular flexibility index (Phi) is 3.52. The van der Waals surface area contributed by atoms with Crippen LogP contribution >= 0.6 is 0 Å². The maximum Gasteiger partial charge on any atom is 0.327 e.